The Morgan fingerprint density at radius 2 is 2.04 bits per heavy atom. The lowest BCUT2D eigenvalue weighted by Gasteiger charge is -2.10. The maximum Gasteiger partial charge on any atom is 0.416 e. The number of halogens is 3. The summed E-state index contributed by atoms with van der Waals surface area (Å²) >= 11 is 0. The van der Waals surface area contributed by atoms with Crippen LogP contribution in [0.1, 0.15) is 12.0 Å². The topological polar surface area (TPSA) is 68.8 Å². The number of aryl methyl sites for hydroxylation is 1. The van der Waals surface area contributed by atoms with E-state index in [2.05, 4.69) is 15.3 Å². The van der Waals surface area contributed by atoms with Crippen LogP contribution < -0.4 is 11.1 Å². The quantitative estimate of drug-likeness (QED) is 0.748. The smallest absolute Gasteiger partial charge is 0.332 e. The molecule has 0 bridgehead atoms. The van der Waals surface area contributed by atoms with Crippen LogP contribution in [0.25, 0.3) is 11.0 Å². The largest absolute Gasteiger partial charge is 0.416 e. The molecular formula is C16H16F3N5. The van der Waals surface area contributed by atoms with Crippen molar-refractivity contribution in [2.75, 3.05) is 11.9 Å². The molecular weight excluding hydrogens is 319 g/mol. The predicted octanol–water partition coefficient (Wildman–Crippen LogP) is 3.54. The number of rotatable bonds is 5. The second kappa shape index (κ2) is 6.48. The fraction of sp³-hybridized carbons (Fsp3) is 0.250. The van der Waals surface area contributed by atoms with E-state index in [-0.39, 0.29) is 11.6 Å². The van der Waals surface area contributed by atoms with Gasteiger partial charge in [0.15, 0.2) is 0 Å². The highest BCUT2D eigenvalue weighted by atomic mass is 19.4. The molecule has 24 heavy (non-hydrogen) atoms. The van der Waals surface area contributed by atoms with E-state index in [1.165, 1.54) is 12.1 Å². The molecule has 3 aromatic rings. The van der Waals surface area contributed by atoms with E-state index in [4.69, 9.17) is 5.73 Å². The molecule has 5 nitrogen and oxygen atoms in total. The molecule has 1 aromatic carbocycles. The molecule has 3 N–H and O–H groups in total. The summed E-state index contributed by atoms with van der Waals surface area (Å²) < 4.78 is 40.3. The second-order valence-corrected chi connectivity index (χ2v) is 5.33. The van der Waals surface area contributed by atoms with Crippen molar-refractivity contribution >= 4 is 22.7 Å². The van der Waals surface area contributed by atoms with E-state index >= 15 is 0 Å². The Balaban J connectivity index is 1.87. The maximum absolute atomic E-state index is 12.8. The minimum absolute atomic E-state index is 0.245. The van der Waals surface area contributed by atoms with Crippen LogP contribution in [0.3, 0.4) is 0 Å². The highest BCUT2D eigenvalue weighted by molar-refractivity contribution is 5.76. The Labute approximate surface area is 136 Å². The van der Waals surface area contributed by atoms with Crippen molar-refractivity contribution in [1.82, 2.24) is 14.5 Å². The SMILES string of the molecule is NCCCn1ccc2cnc(Nc3cccc(C(F)(F)F)c3)nc21. The number of fused-ring (bicyclic) bond motifs is 1. The molecule has 3 rings (SSSR count). The zero-order valence-corrected chi connectivity index (χ0v) is 12.7. The van der Waals surface area contributed by atoms with E-state index in [9.17, 15) is 13.2 Å². The third kappa shape index (κ3) is 3.48. The van der Waals surface area contributed by atoms with Crippen molar-refractivity contribution in [2.24, 2.45) is 5.73 Å². The summed E-state index contributed by atoms with van der Waals surface area (Å²) in [5.41, 5.74) is 5.80. The van der Waals surface area contributed by atoms with E-state index in [0.29, 0.717) is 12.2 Å². The second-order valence-electron chi connectivity index (χ2n) is 5.33. The molecule has 0 saturated heterocycles. The summed E-state index contributed by atoms with van der Waals surface area (Å²) in [6, 6.07) is 6.82. The van der Waals surface area contributed by atoms with Gasteiger partial charge in [0.2, 0.25) is 5.95 Å². The van der Waals surface area contributed by atoms with E-state index in [1.54, 1.807) is 6.20 Å². The molecule has 126 valence electrons. The number of benzene rings is 1. The van der Waals surface area contributed by atoms with Gasteiger partial charge < -0.3 is 15.6 Å². The Kier molecular flexibility index (Phi) is 4.39. The zero-order valence-electron chi connectivity index (χ0n) is 12.7. The number of alkyl halides is 3. The molecule has 0 amide bonds. The van der Waals surface area contributed by atoms with Crippen LogP contribution in [0, 0.1) is 0 Å². The van der Waals surface area contributed by atoms with Gasteiger partial charge in [-0.3, -0.25) is 0 Å². The van der Waals surface area contributed by atoms with Crippen molar-refractivity contribution in [2.45, 2.75) is 19.1 Å². The molecule has 0 radical (unpaired) electrons. The number of aromatic nitrogens is 3. The highest BCUT2D eigenvalue weighted by Crippen LogP contribution is 2.31. The summed E-state index contributed by atoms with van der Waals surface area (Å²) in [6.45, 7) is 1.29. The van der Waals surface area contributed by atoms with E-state index in [1.807, 2.05) is 16.8 Å². The number of nitrogens with zero attached hydrogens (tertiary/aromatic N) is 3. The number of nitrogens with two attached hydrogens (primary N) is 1. The Morgan fingerprint density at radius 1 is 1.21 bits per heavy atom. The normalized spacial score (nSPS) is 11.8. The van der Waals surface area contributed by atoms with Gasteiger partial charge in [-0.25, -0.2) is 4.98 Å². The van der Waals surface area contributed by atoms with E-state index in [0.717, 1.165) is 30.5 Å². The molecule has 0 fully saturated rings. The summed E-state index contributed by atoms with van der Waals surface area (Å²) in [5.74, 6) is 0.245. The van der Waals surface area contributed by atoms with Gasteiger partial charge in [0.05, 0.1) is 5.56 Å². The Bertz CT molecular complexity index is 841. The molecule has 0 aliphatic carbocycles. The van der Waals surface area contributed by atoms with Crippen LogP contribution in [0.2, 0.25) is 0 Å². The molecule has 2 aromatic heterocycles. The zero-order chi connectivity index (χ0) is 17.2. The van der Waals surface area contributed by atoms with Gasteiger partial charge >= 0.3 is 6.18 Å². The van der Waals surface area contributed by atoms with Crippen LogP contribution in [0.15, 0.2) is 42.7 Å². The molecule has 0 aliphatic heterocycles. The summed E-state index contributed by atoms with van der Waals surface area (Å²) in [7, 11) is 0. The molecule has 0 spiro atoms. The lowest BCUT2D eigenvalue weighted by atomic mass is 10.2. The van der Waals surface area contributed by atoms with Gasteiger partial charge in [0.25, 0.3) is 0 Å². The molecule has 0 aliphatic rings. The van der Waals surface area contributed by atoms with Crippen LogP contribution >= 0.6 is 0 Å². The lowest BCUT2D eigenvalue weighted by Crippen LogP contribution is -2.07. The number of hydrogen-bond acceptors (Lipinski definition) is 4. The van der Waals surface area contributed by atoms with Crippen LogP contribution in [-0.2, 0) is 12.7 Å². The van der Waals surface area contributed by atoms with Crippen molar-refractivity contribution in [1.29, 1.82) is 0 Å². The predicted molar refractivity (Wildman–Crippen MR) is 85.9 cm³/mol. The Morgan fingerprint density at radius 3 is 2.79 bits per heavy atom. The van der Waals surface area contributed by atoms with Gasteiger partial charge in [-0.05, 0) is 37.2 Å². The summed E-state index contributed by atoms with van der Waals surface area (Å²) in [4.78, 5) is 8.54. The third-order valence-corrected chi connectivity index (χ3v) is 3.55. The standard InChI is InChI=1S/C16H16F3N5/c17-16(18,19)12-3-1-4-13(9-12)22-15-21-10-11-5-8-24(7-2-6-20)14(11)23-15/h1,3-5,8-10H,2,6-7,20H2,(H,21,22,23). The first-order valence-corrected chi connectivity index (χ1v) is 7.43. The Hall–Kier alpha value is -2.61. The fourth-order valence-electron chi connectivity index (χ4n) is 2.38. The minimum atomic E-state index is -4.39. The maximum atomic E-state index is 12.8. The van der Waals surface area contributed by atoms with Crippen molar-refractivity contribution in [3.05, 3.63) is 48.3 Å². The van der Waals surface area contributed by atoms with Crippen molar-refractivity contribution < 1.29 is 13.2 Å². The fourth-order valence-corrected chi connectivity index (χ4v) is 2.38. The molecule has 0 saturated carbocycles. The van der Waals surface area contributed by atoms with Gasteiger partial charge in [-0.1, -0.05) is 6.07 Å². The van der Waals surface area contributed by atoms with Gasteiger partial charge in [-0.2, -0.15) is 18.2 Å². The molecule has 0 atom stereocenters. The lowest BCUT2D eigenvalue weighted by molar-refractivity contribution is -0.137. The third-order valence-electron chi connectivity index (χ3n) is 3.55. The number of anilines is 2. The average molecular weight is 335 g/mol. The minimum Gasteiger partial charge on any atom is -0.332 e. The highest BCUT2D eigenvalue weighted by Gasteiger charge is 2.30. The van der Waals surface area contributed by atoms with Crippen LogP contribution in [-0.4, -0.2) is 21.1 Å². The van der Waals surface area contributed by atoms with Gasteiger partial charge in [-0.15, -0.1) is 0 Å². The molecule has 0 unspecified atom stereocenters. The number of nitrogens with one attached hydrogen (secondary N) is 1. The van der Waals surface area contributed by atoms with Gasteiger partial charge in [0.1, 0.15) is 5.65 Å². The molecule has 8 heteroatoms. The van der Waals surface area contributed by atoms with Crippen molar-refractivity contribution in [3.63, 3.8) is 0 Å². The molecule has 2 heterocycles. The first-order valence-electron chi connectivity index (χ1n) is 7.43. The first-order chi connectivity index (χ1) is 11.5. The monoisotopic (exact) mass is 335 g/mol. The number of hydrogen-bond donors (Lipinski definition) is 2. The van der Waals surface area contributed by atoms with Crippen molar-refractivity contribution in [3.8, 4) is 0 Å². The summed E-state index contributed by atoms with van der Waals surface area (Å²) in [5, 5.41) is 3.68. The van der Waals surface area contributed by atoms with Crippen LogP contribution in [0.5, 0.6) is 0 Å². The van der Waals surface area contributed by atoms with E-state index < -0.39 is 11.7 Å². The summed E-state index contributed by atoms with van der Waals surface area (Å²) in [6.07, 6.45) is -0.0517. The average Bonchev–Trinajstić information content (AvgIpc) is 2.95. The van der Waals surface area contributed by atoms with Gasteiger partial charge in [0, 0.05) is 30.0 Å². The van der Waals surface area contributed by atoms with Crippen LogP contribution in [0.4, 0.5) is 24.8 Å². The first kappa shape index (κ1) is 16.3.